The van der Waals surface area contributed by atoms with Crippen molar-refractivity contribution in [1.29, 1.82) is 10.5 Å². The van der Waals surface area contributed by atoms with Crippen LogP contribution in [0.1, 0.15) is 89.5 Å². The van der Waals surface area contributed by atoms with Crippen LogP contribution in [0, 0.1) is 22.7 Å². The van der Waals surface area contributed by atoms with Gasteiger partial charge in [-0.1, -0.05) is 84.9 Å². The number of amides is 4. The average molecular weight is 1180 g/mol. The van der Waals surface area contributed by atoms with Crippen LogP contribution >= 0.6 is 0 Å². The van der Waals surface area contributed by atoms with Crippen LogP contribution in [-0.2, 0) is 43.1 Å². The Kier molecular flexibility index (Phi) is 23.6. The van der Waals surface area contributed by atoms with Gasteiger partial charge >= 0.3 is 12.2 Å². The van der Waals surface area contributed by atoms with Gasteiger partial charge in [-0.25, -0.2) is 19.6 Å². The highest BCUT2D eigenvalue weighted by Crippen LogP contribution is 2.37. The number of nitrogens with zero attached hydrogens (tertiary/aromatic N) is 6. The third-order valence-corrected chi connectivity index (χ3v) is 13.5. The van der Waals surface area contributed by atoms with E-state index < -0.39 is 47.0 Å². The molecule has 0 bridgehead atoms. The van der Waals surface area contributed by atoms with Crippen LogP contribution in [-0.4, -0.2) is 117 Å². The first kappa shape index (κ1) is 64.9. The van der Waals surface area contributed by atoms with E-state index in [-0.39, 0.29) is 52.1 Å². The van der Waals surface area contributed by atoms with Gasteiger partial charge in [0.25, 0.3) is 11.8 Å². The van der Waals surface area contributed by atoms with E-state index in [1.165, 1.54) is 6.26 Å². The van der Waals surface area contributed by atoms with Crippen LogP contribution in [0.4, 0.5) is 15.3 Å². The first-order chi connectivity index (χ1) is 40.5. The highest BCUT2D eigenvalue weighted by Gasteiger charge is 2.30. The quantitative estimate of drug-likeness (QED) is 0.0662. The van der Waals surface area contributed by atoms with Crippen LogP contribution < -0.4 is 41.5 Å². The number of likely N-dealkylation sites (tertiary alicyclic amines) is 2. The van der Waals surface area contributed by atoms with Gasteiger partial charge in [0.2, 0.25) is 11.8 Å². The molecule has 22 heteroatoms. The maximum Gasteiger partial charge on any atom is 0.410 e. The molecule has 21 nitrogen and oxygen atoms in total. The molecule has 3 atom stereocenters. The highest BCUT2D eigenvalue weighted by molar-refractivity contribution is 7.84. The first-order valence-electron chi connectivity index (χ1n) is 27.6. The monoisotopic (exact) mass is 1180 g/mol. The van der Waals surface area contributed by atoms with E-state index in [0.717, 1.165) is 43.4 Å². The number of carbonyl (C=O) groups is 4. The highest BCUT2D eigenvalue weighted by atomic mass is 32.2. The van der Waals surface area contributed by atoms with E-state index in [1.807, 2.05) is 145 Å². The Morgan fingerprint density at radius 1 is 0.624 bits per heavy atom. The number of para-hydroxylation sites is 2. The predicted octanol–water partition coefficient (Wildman–Crippen LogP) is 9.02. The molecule has 3 unspecified atom stereocenters. The molecule has 0 saturated carbocycles. The number of nitrogens with one attached hydrogen (secondary N) is 1. The number of piperidine rings is 2. The topological polar surface area (TPSA) is 311 Å². The molecule has 2 fully saturated rings. The summed E-state index contributed by atoms with van der Waals surface area (Å²) in [6, 6.07) is 41.5. The summed E-state index contributed by atoms with van der Waals surface area (Å²) in [6.07, 6.45) is 4.34. The number of ether oxygens (including phenoxy) is 6. The van der Waals surface area contributed by atoms with Gasteiger partial charge in [-0.05, 0) is 115 Å². The van der Waals surface area contributed by atoms with Crippen LogP contribution in [0.2, 0.25) is 0 Å². The van der Waals surface area contributed by atoms with Crippen LogP contribution in [0.15, 0.2) is 126 Å². The zero-order chi connectivity index (χ0) is 61.7. The Balaban J connectivity index is 0.000000229. The number of hydrogen-bond acceptors (Lipinski definition) is 17. The fourth-order valence-corrected chi connectivity index (χ4v) is 9.42. The van der Waals surface area contributed by atoms with Crippen molar-refractivity contribution < 1.29 is 51.8 Å². The Bertz CT molecular complexity index is 3360. The van der Waals surface area contributed by atoms with Crippen molar-refractivity contribution in [3.63, 3.8) is 0 Å². The normalized spacial score (nSPS) is 15.1. The molecule has 2 aliphatic rings. The molecule has 0 radical (unpaired) electrons. The lowest BCUT2D eigenvalue weighted by Crippen LogP contribution is -2.47. The number of anilines is 1. The molecule has 4 aromatic carbocycles. The van der Waals surface area contributed by atoms with Crippen LogP contribution in [0.3, 0.4) is 0 Å². The van der Waals surface area contributed by atoms with E-state index in [1.54, 1.807) is 34.1 Å². The minimum atomic E-state index is -1.49. The molecular formula is C63H74N10O11S. The fraction of sp³-hybridized carbons (Fsp3) is 0.365. The summed E-state index contributed by atoms with van der Waals surface area (Å²) in [5.74, 6) is -0.374. The van der Waals surface area contributed by atoms with Gasteiger partial charge in [0.1, 0.15) is 59.2 Å². The van der Waals surface area contributed by atoms with Crippen molar-refractivity contribution in [2.75, 3.05) is 51.0 Å². The summed E-state index contributed by atoms with van der Waals surface area (Å²) >= 11 is 0. The molecule has 4 amide bonds. The molecular weight excluding hydrogens is 1100 g/mol. The van der Waals surface area contributed by atoms with Gasteiger partial charge in [0.15, 0.2) is 13.2 Å². The minimum absolute atomic E-state index is 0.00326. The molecule has 7 N–H and O–H groups in total. The largest absolute Gasteiger partial charge is 0.488 e. The third-order valence-electron chi connectivity index (χ3n) is 12.5. The van der Waals surface area contributed by atoms with E-state index in [0.29, 0.717) is 72.5 Å². The predicted molar refractivity (Wildman–Crippen MR) is 322 cm³/mol. The Morgan fingerprint density at radius 3 is 1.51 bits per heavy atom. The molecule has 448 valence electrons. The summed E-state index contributed by atoms with van der Waals surface area (Å²) < 4.78 is 46.1. The fourth-order valence-electron chi connectivity index (χ4n) is 8.72. The molecule has 0 aliphatic carbocycles. The molecule has 2 saturated heterocycles. The number of carbonyl (C=O) groups excluding carboxylic acids is 4. The number of aromatic nitrogens is 2. The smallest absolute Gasteiger partial charge is 0.410 e. The number of benzene rings is 4. The molecule has 2 aromatic heterocycles. The Hall–Kier alpha value is -9.25. The Labute approximate surface area is 498 Å². The molecule has 0 spiro atoms. The number of nitrogens with two attached hydrogens (primary N) is 3. The van der Waals surface area contributed by atoms with Crippen molar-refractivity contribution >= 4 is 40.5 Å². The Morgan fingerprint density at radius 2 is 1.06 bits per heavy atom. The summed E-state index contributed by atoms with van der Waals surface area (Å²) in [5.41, 5.74) is 20.0. The van der Waals surface area contributed by atoms with Gasteiger partial charge in [0, 0.05) is 55.6 Å². The van der Waals surface area contributed by atoms with Crippen molar-refractivity contribution in [3.8, 4) is 57.9 Å². The summed E-state index contributed by atoms with van der Waals surface area (Å²) in [6.45, 7) is 13.3. The molecule has 6 aromatic rings. The van der Waals surface area contributed by atoms with E-state index in [9.17, 15) is 33.9 Å². The van der Waals surface area contributed by atoms with Crippen molar-refractivity contribution in [3.05, 3.63) is 144 Å². The van der Waals surface area contributed by atoms with Crippen LogP contribution in [0.5, 0.6) is 23.3 Å². The average Bonchev–Trinajstić information content (AvgIpc) is 3.07. The molecule has 8 rings (SSSR count). The van der Waals surface area contributed by atoms with Crippen molar-refractivity contribution in [2.24, 2.45) is 17.2 Å². The summed E-state index contributed by atoms with van der Waals surface area (Å²) in [5, 5.41) is 23.0. The molecule has 2 aliphatic heterocycles. The van der Waals surface area contributed by atoms with Gasteiger partial charge in [-0.2, -0.15) is 10.5 Å². The number of nitriles is 2. The number of primary amides is 2. The van der Waals surface area contributed by atoms with E-state index >= 15 is 0 Å². The zero-order valence-corrected chi connectivity index (χ0v) is 49.8. The van der Waals surface area contributed by atoms with E-state index in [2.05, 4.69) is 21.4 Å². The van der Waals surface area contributed by atoms with E-state index in [4.69, 9.17) is 45.6 Å². The van der Waals surface area contributed by atoms with Gasteiger partial charge in [-0.3, -0.25) is 13.8 Å². The standard InChI is InChI=1S/C31H35N5O5.C22H19N3O4S.C10H20N2O2/c1-31(2,3)41-30(38)36-15-9-12-22(18-36)34-26-16-25(35-29(24(26)17-32)40-20-28(33)37)23-13-7-8-14-27(23)39-19-21-10-5-4-6-11-21;1-30(27)20-11-18(25-22(17(20)12-23)29-14-21(24)26)16-9-5-6-10-19(16)28-13-15-7-3-2-4-8-15;1-10(2,3)14-9(13)12-6-4-5-8(11)7-12/h4-8,10-11,13-14,16,22H,9,12,15,18-20H2,1-3H3,(H2,33,37)(H,34,35);2-11H,13-14H2,1H3,(H2,24,26);8H,4-7,11H2,1-3H3. The van der Waals surface area contributed by atoms with Gasteiger partial charge < -0.3 is 60.7 Å². The zero-order valence-electron chi connectivity index (χ0n) is 49.0. The third kappa shape index (κ3) is 20.5. The van der Waals surface area contributed by atoms with Gasteiger partial charge in [0.05, 0.1) is 32.8 Å². The number of rotatable bonds is 17. The second-order valence-corrected chi connectivity index (χ2v) is 23.2. The van der Waals surface area contributed by atoms with Crippen molar-refractivity contribution in [1.82, 2.24) is 19.8 Å². The number of hydrogen-bond donors (Lipinski definition) is 4. The molecule has 85 heavy (non-hydrogen) atoms. The number of pyridine rings is 2. The first-order valence-corrected chi connectivity index (χ1v) is 29.1. The van der Waals surface area contributed by atoms with Crippen molar-refractivity contribution in [2.45, 2.75) is 109 Å². The summed E-state index contributed by atoms with van der Waals surface area (Å²) in [7, 11) is -1.49. The SMILES string of the molecule is CC(C)(C)OC(=O)N1CCCC(N)C1.CC(C)(C)OC(=O)N1CCCC(Nc2cc(-c3ccccc3OCc3ccccc3)nc(OCC(N)=O)c2C#N)C1.CS(=O)c1cc(-c2ccccc2OCc2ccccc2)nc(OCC(N)=O)c1C#N. The maximum atomic E-state index is 12.7. The second kappa shape index (κ2) is 30.9. The second-order valence-electron chi connectivity index (χ2n) is 21.9. The molecule has 4 heterocycles. The van der Waals surface area contributed by atoms with Gasteiger partial charge in [-0.15, -0.1) is 0 Å². The minimum Gasteiger partial charge on any atom is -0.488 e. The summed E-state index contributed by atoms with van der Waals surface area (Å²) in [4.78, 5) is 59.5. The lowest BCUT2D eigenvalue weighted by molar-refractivity contribution is -0.120. The lowest BCUT2D eigenvalue weighted by atomic mass is 10.0. The van der Waals surface area contributed by atoms with Crippen LogP contribution in [0.25, 0.3) is 22.5 Å². The lowest BCUT2D eigenvalue weighted by Gasteiger charge is -2.35. The maximum absolute atomic E-state index is 12.7.